The number of nitrogens with zero attached hydrogens (tertiary/aromatic N) is 2. The third-order valence-corrected chi connectivity index (χ3v) is 6.69. The molecule has 2 nitrogen and oxygen atoms in total. The maximum absolute atomic E-state index is 9.09. The van der Waals surface area contributed by atoms with Gasteiger partial charge in [-0.05, 0) is 47.8 Å². The number of para-hydroxylation sites is 3. The zero-order valence-electron chi connectivity index (χ0n) is 30.7. The Bertz CT molecular complexity index is 2720. The monoisotopic (exact) mass is 470 g/mol. The van der Waals surface area contributed by atoms with Gasteiger partial charge >= 0.3 is 0 Å². The van der Waals surface area contributed by atoms with Gasteiger partial charge in [-0.15, -0.1) is 0 Å². The molecule has 0 saturated carbocycles. The van der Waals surface area contributed by atoms with Crippen LogP contribution in [-0.4, -0.2) is 9.13 Å². The van der Waals surface area contributed by atoms with Gasteiger partial charge < -0.3 is 9.13 Å². The van der Waals surface area contributed by atoms with E-state index in [4.69, 9.17) is 16.4 Å². The normalized spacial score (nSPS) is 16.6. The van der Waals surface area contributed by atoms with Crippen LogP contribution >= 0.6 is 0 Å². The first-order chi connectivity index (χ1) is 22.9. The maximum atomic E-state index is 9.09. The molecule has 0 amide bonds. The van der Waals surface area contributed by atoms with Crippen molar-refractivity contribution in [2.75, 3.05) is 0 Å². The van der Waals surface area contributed by atoms with Crippen molar-refractivity contribution in [2.24, 2.45) is 0 Å². The van der Waals surface area contributed by atoms with Crippen LogP contribution in [0.5, 0.6) is 0 Å². The highest BCUT2D eigenvalue weighted by Crippen LogP contribution is 2.40. The Hall–Kier alpha value is -4.82. The van der Waals surface area contributed by atoms with Gasteiger partial charge in [0.2, 0.25) is 0 Å². The summed E-state index contributed by atoms with van der Waals surface area (Å²) < 4.78 is 106. The Morgan fingerprint density at radius 3 is 1.83 bits per heavy atom. The lowest BCUT2D eigenvalue weighted by Crippen LogP contribution is -1.96. The Kier molecular flexibility index (Phi) is 2.30. The third-order valence-electron chi connectivity index (χ3n) is 6.69. The summed E-state index contributed by atoms with van der Waals surface area (Å²) in [5.74, 6) is 0. The molecular formula is C34H22N2. The van der Waals surface area contributed by atoms with E-state index in [1.807, 2.05) is 30.3 Å². The van der Waals surface area contributed by atoms with Crippen LogP contribution in [0.1, 0.15) is 16.4 Å². The van der Waals surface area contributed by atoms with Crippen molar-refractivity contribution < 1.29 is 16.4 Å². The van der Waals surface area contributed by atoms with Gasteiger partial charge in [-0.1, -0.05) is 90.8 Å². The van der Waals surface area contributed by atoms with Crippen molar-refractivity contribution in [3.8, 4) is 11.4 Å². The van der Waals surface area contributed by atoms with Crippen molar-refractivity contribution in [1.29, 1.82) is 0 Å². The molecule has 8 aromatic rings. The van der Waals surface area contributed by atoms with Crippen LogP contribution in [0.15, 0.2) is 133 Å². The van der Waals surface area contributed by atoms with Crippen molar-refractivity contribution in [1.82, 2.24) is 9.13 Å². The van der Waals surface area contributed by atoms with Crippen molar-refractivity contribution in [2.45, 2.75) is 0 Å². The van der Waals surface area contributed by atoms with Gasteiger partial charge in [-0.2, -0.15) is 0 Å². The minimum Gasteiger partial charge on any atom is -0.309 e. The lowest BCUT2D eigenvalue weighted by molar-refractivity contribution is 1.17. The van der Waals surface area contributed by atoms with E-state index in [2.05, 4.69) is 0 Å². The van der Waals surface area contributed by atoms with E-state index in [-0.39, 0.29) is 34.2 Å². The fourth-order valence-corrected chi connectivity index (χ4v) is 5.24. The molecule has 0 N–H and O–H groups in total. The molecule has 0 unspecified atom stereocenters. The van der Waals surface area contributed by atoms with E-state index in [9.17, 15) is 0 Å². The zero-order chi connectivity index (χ0) is 34.1. The van der Waals surface area contributed by atoms with Gasteiger partial charge in [0, 0.05) is 32.6 Å². The highest BCUT2D eigenvalue weighted by Gasteiger charge is 2.18. The molecule has 0 fully saturated rings. The van der Waals surface area contributed by atoms with Gasteiger partial charge in [-0.25, -0.2) is 0 Å². The van der Waals surface area contributed by atoms with Gasteiger partial charge in [-0.3, -0.25) is 0 Å². The molecule has 168 valence electrons. The van der Waals surface area contributed by atoms with Crippen LogP contribution in [0, 0.1) is 0 Å². The van der Waals surface area contributed by atoms with E-state index in [1.54, 1.807) is 39.5 Å². The smallest absolute Gasteiger partial charge is 0.0645 e. The fourth-order valence-electron chi connectivity index (χ4n) is 5.24. The summed E-state index contributed by atoms with van der Waals surface area (Å²) in [7, 11) is 0. The van der Waals surface area contributed by atoms with Crippen molar-refractivity contribution in [3.63, 3.8) is 0 Å². The average Bonchev–Trinajstić information content (AvgIpc) is 3.58. The fraction of sp³-hybridized carbons (Fsp3) is 0. The van der Waals surface area contributed by atoms with Crippen LogP contribution in [0.4, 0.5) is 0 Å². The predicted molar refractivity (Wildman–Crippen MR) is 153 cm³/mol. The van der Waals surface area contributed by atoms with Crippen molar-refractivity contribution in [3.05, 3.63) is 133 Å². The second-order valence-corrected chi connectivity index (χ2v) is 8.54. The van der Waals surface area contributed by atoms with Crippen LogP contribution < -0.4 is 0 Å². The quantitative estimate of drug-likeness (QED) is 0.238. The summed E-state index contributed by atoms with van der Waals surface area (Å²) in [4.78, 5) is 0. The van der Waals surface area contributed by atoms with E-state index < -0.39 is 60.4 Å². The van der Waals surface area contributed by atoms with Crippen LogP contribution in [-0.2, 0) is 0 Å². The van der Waals surface area contributed by atoms with Gasteiger partial charge in [0.25, 0.3) is 0 Å². The second kappa shape index (κ2) is 7.34. The summed E-state index contributed by atoms with van der Waals surface area (Å²) in [5, 5.41) is 2.73. The minimum atomic E-state index is -0.545. The largest absolute Gasteiger partial charge is 0.309 e. The Morgan fingerprint density at radius 1 is 0.444 bits per heavy atom. The number of benzene rings is 6. The molecule has 0 radical (unpaired) electrons. The molecule has 0 aliphatic carbocycles. The van der Waals surface area contributed by atoms with Crippen LogP contribution in [0.2, 0.25) is 0 Å². The first-order valence-corrected chi connectivity index (χ1v) is 11.4. The van der Waals surface area contributed by atoms with Crippen molar-refractivity contribution >= 4 is 54.4 Å². The van der Waals surface area contributed by atoms with E-state index in [0.717, 1.165) is 21.5 Å². The van der Waals surface area contributed by atoms with Crippen LogP contribution in [0.25, 0.3) is 65.8 Å². The molecule has 0 atom stereocenters. The van der Waals surface area contributed by atoms with Gasteiger partial charge in [0.05, 0.1) is 44.2 Å². The molecule has 8 rings (SSSR count). The Labute approximate surface area is 225 Å². The van der Waals surface area contributed by atoms with E-state index in [1.165, 1.54) is 0 Å². The molecule has 0 spiro atoms. The minimum absolute atomic E-state index is 0.00835. The standard InChI is InChI=1S/C34H22N2/c1-2-13-24(14-3-1)35-31-18-8-6-16-26(31)28-21-29-27-17-7-9-19-32(27)36(34(29)22-33(28)35)30-20-10-12-23-11-4-5-15-25(23)30/h1-22H/i1D,2D,3D,4D,5D,10D,11D,12D,13D,14D,15D,20D. The second-order valence-electron chi connectivity index (χ2n) is 8.54. The summed E-state index contributed by atoms with van der Waals surface area (Å²) in [6.45, 7) is 0. The number of hydrogen-bond donors (Lipinski definition) is 0. The first-order valence-electron chi connectivity index (χ1n) is 17.4. The number of rotatable bonds is 2. The highest BCUT2D eigenvalue weighted by atomic mass is 15.0. The summed E-state index contributed by atoms with van der Waals surface area (Å²) in [6, 6.07) is 12.8. The molecule has 2 heteroatoms. The molecule has 2 heterocycles. The molecule has 36 heavy (non-hydrogen) atoms. The number of hydrogen-bond acceptors (Lipinski definition) is 0. The Balaban J connectivity index is 1.64. The lowest BCUT2D eigenvalue weighted by atomic mass is 10.1. The Morgan fingerprint density at radius 2 is 1.06 bits per heavy atom. The first kappa shape index (κ1) is 11.3. The number of aromatic nitrogens is 2. The molecular weight excluding hydrogens is 436 g/mol. The molecule has 2 aromatic heterocycles. The highest BCUT2D eigenvalue weighted by molar-refractivity contribution is 6.19. The molecule has 6 aromatic carbocycles. The number of fused-ring (bicyclic) bond motifs is 7. The summed E-state index contributed by atoms with van der Waals surface area (Å²) in [5.41, 5.74) is 2.13. The molecule has 0 aliphatic heterocycles. The van der Waals surface area contributed by atoms with Crippen LogP contribution in [0.3, 0.4) is 0 Å². The van der Waals surface area contributed by atoms with Gasteiger partial charge in [0.1, 0.15) is 0 Å². The van der Waals surface area contributed by atoms with E-state index in [0.29, 0.717) is 22.1 Å². The summed E-state index contributed by atoms with van der Waals surface area (Å²) >= 11 is 0. The summed E-state index contributed by atoms with van der Waals surface area (Å²) in [6.07, 6.45) is 0. The zero-order valence-corrected chi connectivity index (χ0v) is 18.7. The molecule has 0 aliphatic rings. The third kappa shape index (κ3) is 2.61. The topological polar surface area (TPSA) is 9.86 Å². The van der Waals surface area contributed by atoms with E-state index >= 15 is 0 Å². The molecule has 0 bridgehead atoms. The maximum Gasteiger partial charge on any atom is 0.0645 e. The SMILES string of the molecule is [2H]c1c([2H])c([2H])c(-n2c3ccccc3c3cc4c5ccccc5n(-c5c([2H])c([2H])c([2H])c6c([2H])c([2H])c([2H])c([2H])c56)c4cc32)c([2H])c1[2H]. The van der Waals surface area contributed by atoms with Gasteiger partial charge in [0.15, 0.2) is 0 Å². The predicted octanol–water partition coefficient (Wildman–Crippen LogP) is 9.03. The lowest BCUT2D eigenvalue weighted by Gasteiger charge is -2.12. The average molecular weight is 471 g/mol. The molecule has 0 saturated heterocycles.